The van der Waals surface area contributed by atoms with E-state index in [1.54, 1.807) is 0 Å². The minimum atomic E-state index is 0.213. The summed E-state index contributed by atoms with van der Waals surface area (Å²) in [6.07, 6.45) is 3.07. The third kappa shape index (κ3) is 1.10. The standard InChI is InChI=1S/C7H8IN2/c1-2-6-3-4-8-10-7(6)9-5-1/h1-2,5H,3-4H2,(H,9,10)/q-1. The Bertz CT molecular complexity index is 212. The molecule has 0 bridgehead atoms. The van der Waals surface area contributed by atoms with E-state index in [1.165, 1.54) is 16.4 Å². The van der Waals surface area contributed by atoms with Gasteiger partial charge in [-0.25, -0.2) is 0 Å². The van der Waals surface area contributed by atoms with Crippen LogP contribution in [-0.2, 0) is 6.42 Å². The first-order valence-corrected chi connectivity index (χ1v) is 5.85. The second kappa shape index (κ2) is 2.74. The zero-order valence-electron chi connectivity index (χ0n) is 5.47. The minimum absolute atomic E-state index is 0.213. The molecule has 0 fully saturated rings. The molecule has 0 spiro atoms. The molecule has 1 N–H and O–H groups in total. The molecule has 0 aromatic carbocycles. The molecular formula is C7H8IN2-. The van der Waals surface area contributed by atoms with Crippen LogP contribution < -0.4 is 25.0 Å². The van der Waals surface area contributed by atoms with E-state index in [0.29, 0.717) is 0 Å². The molecule has 2 nitrogen and oxygen atoms in total. The second-order valence-electron chi connectivity index (χ2n) is 2.18. The van der Waals surface area contributed by atoms with Crippen LogP contribution in [0.3, 0.4) is 0 Å². The number of hydrogen-bond donors (Lipinski definition) is 1. The van der Waals surface area contributed by atoms with Gasteiger partial charge in [-0.15, -0.1) is 0 Å². The first-order chi connectivity index (χ1) is 4.97. The van der Waals surface area contributed by atoms with Crippen molar-refractivity contribution in [3.05, 3.63) is 23.9 Å². The Morgan fingerprint density at radius 3 is 3.50 bits per heavy atom. The van der Waals surface area contributed by atoms with Gasteiger partial charge in [0.2, 0.25) is 0 Å². The number of aryl methyl sites for hydroxylation is 1. The van der Waals surface area contributed by atoms with E-state index in [0.717, 1.165) is 5.82 Å². The van der Waals surface area contributed by atoms with Crippen molar-refractivity contribution >= 4 is 5.82 Å². The summed E-state index contributed by atoms with van der Waals surface area (Å²) in [6, 6.07) is 4.16. The molecule has 0 aliphatic carbocycles. The fraction of sp³-hybridized carbons (Fsp3) is 0.286. The SMILES string of the molecule is c1cnc2c(c1)CC[I-]N2. The van der Waals surface area contributed by atoms with Crippen LogP contribution in [0.15, 0.2) is 18.3 Å². The molecule has 2 heterocycles. The number of aromatic nitrogens is 1. The van der Waals surface area contributed by atoms with Crippen LogP contribution >= 0.6 is 0 Å². The van der Waals surface area contributed by atoms with Crippen LogP contribution in [0.4, 0.5) is 5.82 Å². The first-order valence-electron chi connectivity index (χ1n) is 3.25. The van der Waals surface area contributed by atoms with E-state index in [4.69, 9.17) is 0 Å². The number of nitrogens with one attached hydrogen (secondary N) is 1. The number of halogens is 1. The molecule has 0 saturated carbocycles. The van der Waals surface area contributed by atoms with E-state index in [1.807, 2.05) is 12.3 Å². The van der Waals surface area contributed by atoms with Gasteiger partial charge in [0.05, 0.1) is 0 Å². The van der Waals surface area contributed by atoms with Gasteiger partial charge in [-0.2, -0.15) is 0 Å². The zero-order chi connectivity index (χ0) is 6.81. The fourth-order valence-corrected chi connectivity index (χ4v) is 2.95. The fourth-order valence-electron chi connectivity index (χ4n) is 0.985. The molecule has 1 aliphatic rings. The van der Waals surface area contributed by atoms with Gasteiger partial charge in [-0.1, -0.05) is 0 Å². The van der Waals surface area contributed by atoms with Gasteiger partial charge in [-0.3, -0.25) is 0 Å². The summed E-state index contributed by atoms with van der Waals surface area (Å²) in [7, 11) is 0. The molecule has 3 heteroatoms. The maximum atomic E-state index is 4.24. The Kier molecular flexibility index (Phi) is 1.75. The van der Waals surface area contributed by atoms with E-state index in [9.17, 15) is 0 Å². The second-order valence-corrected chi connectivity index (χ2v) is 4.56. The Hall–Kier alpha value is -0.320. The van der Waals surface area contributed by atoms with Crippen molar-refractivity contribution in [1.29, 1.82) is 0 Å². The molecule has 54 valence electrons. The van der Waals surface area contributed by atoms with Gasteiger partial charge in [0.25, 0.3) is 0 Å². The van der Waals surface area contributed by atoms with Crippen molar-refractivity contribution in [2.75, 3.05) is 7.96 Å². The molecule has 0 amide bonds. The van der Waals surface area contributed by atoms with Gasteiger partial charge < -0.3 is 0 Å². The third-order valence-corrected chi connectivity index (χ3v) is 3.48. The Balaban J connectivity index is 2.41. The summed E-state index contributed by atoms with van der Waals surface area (Å²) < 4.78 is 4.71. The normalized spacial score (nSPS) is 16.4. The van der Waals surface area contributed by atoms with Crippen LogP contribution in [0.25, 0.3) is 0 Å². The summed E-state index contributed by atoms with van der Waals surface area (Å²) >= 11 is 0.213. The van der Waals surface area contributed by atoms with Crippen molar-refractivity contribution in [2.45, 2.75) is 6.42 Å². The number of rotatable bonds is 0. The Morgan fingerprint density at radius 2 is 2.60 bits per heavy atom. The number of fused-ring (bicyclic) bond motifs is 1. The van der Waals surface area contributed by atoms with E-state index < -0.39 is 0 Å². The van der Waals surface area contributed by atoms with E-state index in [-0.39, 0.29) is 21.5 Å². The van der Waals surface area contributed by atoms with Crippen molar-refractivity contribution in [2.24, 2.45) is 0 Å². The van der Waals surface area contributed by atoms with Crippen molar-refractivity contribution in [3.63, 3.8) is 0 Å². The molecule has 2 rings (SSSR count). The van der Waals surface area contributed by atoms with Crippen LogP contribution in [-0.4, -0.2) is 9.41 Å². The number of pyridine rings is 1. The zero-order valence-corrected chi connectivity index (χ0v) is 7.63. The van der Waals surface area contributed by atoms with Crippen LogP contribution in [0.5, 0.6) is 0 Å². The molecule has 1 aromatic heterocycles. The molecule has 1 aliphatic heterocycles. The van der Waals surface area contributed by atoms with Gasteiger partial charge in [0.15, 0.2) is 0 Å². The average Bonchev–Trinajstić information content (AvgIpc) is 2.05. The van der Waals surface area contributed by atoms with E-state index in [2.05, 4.69) is 14.6 Å². The molecule has 10 heavy (non-hydrogen) atoms. The monoisotopic (exact) mass is 247 g/mol. The molecule has 0 atom stereocenters. The summed E-state index contributed by atoms with van der Waals surface area (Å²) in [5, 5.41) is 0. The number of anilines is 1. The van der Waals surface area contributed by atoms with Gasteiger partial charge in [-0.05, 0) is 0 Å². The number of nitrogens with zero attached hydrogens (tertiary/aromatic N) is 1. The Labute approximate surface area is 70.7 Å². The van der Waals surface area contributed by atoms with Crippen molar-refractivity contribution < 1.29 is 21.5 Å². The van der Waals surface area contributed by atoms with Crippen LogP contribution in [0.1, 0.15) is 5.56 Å². The van der Waals surface area contributed by atoms with Crippen LogP contribution in [0, 0.1) is 0 Å². The van der Waals surface area contributed by atoms with E-state index >= 15 is 0 Å². The topological polar surface area (TPSA) is 24.9 Å². The number of hydrogen-bond acceptors (Lipinski definition) is 2. The van der Waals surface area contributed by atoms with Crippen LogP contribution in [0.2, 0.25) is 0 Å². The molecule has 0 saturated heterocycles. The first kappa shape index (κ1) is 6.39. The molecular weight excluding hydrogens is 239 g/mol. The number of alkyl halides is 1. The van der Waals surface area contributed by atoms with Gasteiger partial charge in [0, 0.05) is 0 Å². The summed E-state index contributed by atoms with van der Waals surface area (Å²) in [5.74, 6) is 1.13. The van der Waals surface area contributed by atoms with Crippen molar-refractivity contribution in [1.82, 2.24) is 4.98 Å². The summed E-state index contributed by atoms with van der Waals surface area (Å²) in [6.45, 7) is 0. The molecule has 1 aromatic rings. The van der Waals surface area contributed by atoms with Gasteiger partial charge in [0.1, 0.15) is 0 Å². The maximum absolute atomic E-state index is 4.24. The van der Waals surface area contributed by atoms with Crippen molar-refractivity contribution in [3.8, 4) is 0 Å². The molecule has 0 unspecified atom stereocenters. The predicted molar refractivity (Wildman–Crippen MR) is 36.4 cm³/mol. The summed E-state index contributed by atoms with van der Waals surface area (Å²) in [5.41, 5.74) is 1.38. The average molecular weight is 247 g/mol. The summed E-state index contributed by atoms with van der Waals surface area (Å²) in [4.78, 5) is 4.24. The Morgan fingerprint density at radius 1 is 1.60 bits per heavy atom. The predicted octanol–water partition coefficient (Wildman–Crippen LogP) is -1.95. The quantitative estimate of drug-likeness (QED) is 0.327. The van der Waals surface area contributed by atoms with Gasteiger partial charge >= 0.3 is 70.6 Å². The third-order valence-electron chi connectivity index (χ3n) is 1.51. The molecule has 0 radical (unpaired) electrons.